The Morgan fingerprint density at radius 2 is 2.12 bits per heavy atom. The SMILES string of the molecule is O=C(N1CCCc2cccnc21)C1(OCc2cc(Cl)ccc2Cl)CC1. The summed E-state index contributed by atoms with van der Waals surface area (Å²) in [5.74, 6) is 0.778. The standard InChI is InChI=1S/C19H18Cl2N2O2/c20-15-5-6-16(21)14(11-15)12-25-19(7-8-19)18(24)23-10-2-4-13-3-1-9-22-17(13)23/h1,3,5-6,9,11H,2,4,7-8,10,12H2. The van der Waals surface area contributed by atoms with E-state index in [-0.39, 0.29) is 12.5 Å². The number of fused-ring (bicyclic) bond motifs is 1. The summed E-state index contributed by atoms with van der Waals surface area (Å²) in [5, 5.41) is 1.20. The molecule has 0 unspecified atom stereocenters. The van der Waals surface area contributed by atoms with E-state index in [1.165, 1.54) is 0 Å². The molecular weight excluding hydrogens is 359 g/mol. The van der Waals surface area contributed by atoms with E-state index in [0.717, 1.165) is 42.6 Å². The summed E-state index contributed by atoms with van der Waals surface area (Å²) in [6.07, 6.45) is 5.08. The van der Waals surface area contributed by atoms with Crippen molar-refractivity contribution in [3.8, 4) is 0 Å². The minimum Gasteiger partial charge on any atom is -0.360 e. The fourth-order valence-electron chi connectivity index (χ4n) is 3.25. The van der Waals surface area contributed by atoms with Crippen LogP contribution >= 0.6 is 23.2 Å². The lowest BCUT2D eigenvalue weighted by atomic mass is 10.0. The number of carbonyl (C=O) groups excluding carboxylic acids is 1. The van der Waals surface area contributed by atoms with E-state index in [4.69, 9.17) is 27.9 Å². The fraction of sp³-hybridized carbons (Fsp3) is 0.368. The maximum Gasteiger partial charge on any atom is 0.260 e. The molecule has 1 aromatic heterocycles. The van der Waals surface area contributed by atoms with Gasteiger partial charge in [-0.1, -0.05) is 29.3 Å². The molecule has 0 saturated heterocycles. The molecule has 0 atom stereocenters. The smallest absolute Gasteiger partial charge is 0.260 e. The number of halogens is 2. The number of amides is 1. The molecule has 6 heteroatoms. The first kappa shape index (κ1) is 16.8. The van der Waals surface area contributed by atoms with E-state index in [1.807, 2.05) is 12.1 Å². The first-order chi connectivity index (χ1) is 12.1. The van der Waals surface area contributed by atoms with Gasteiger partial charge in [0.15, 0.2) is 0 Å². The second-order valence-electron chi connectivity index (χ2n) is 6.57. The van der Waals surface area contributed by atoms with Crippen LogP contribution in [0.2, 0.25) is 10.0 Å². The minimum atomic E-state index is -0.752. The van der Waals surface area contributed by atoms with Crippen LogP contribution < -0.4 is 4.90 Å². The monoisotopic (exact) mass is 376 g/mol. The van der Waals surface area contributed by atoms with Gasteiger partial charge in [-0.25, -0.2) is 4.98 Å². The van der Waals surface area contributed by atoms with Gasteiger partial charge >= 0.3 is 0 Å². The van der Waals surface area contributed by atoms with Crippen LogP contribution in [0.15, 0.2) is 36.5 Å². The molecule has 2 heterocycles. The Morgan fingerprint density at radius 3 is 2.92 bits per heavy atom. The third-order valence-corrected chi connectivity index (χ3v) is 5.41. The first-order valence-corrected chi connectivity index (χ1v) is 9.18. The molecule has 1 amide bonds. The Bertz CT molecular complexity index is 821. The second-order valence-corrected chi connectivity index (χ2v) is 7.41. The molecule has 130 valence electrons. The highest BCUT2D eigenvalue weighted by atomic mass is 35.5. The number of carbonyl (C=O) groups is 1. The van der Waals surface area contributed by atoms with Gasteiger partial charge in [0.05, 0.1) is 6.61 Å². The van der Waals surface area contributed by atoms with Gasteiger partial charge in [0.2, 0.25) is 0 Å². The molecule has 4 nitrogen and oxygen atoms in total. The van der Waals surface area contributed by atoms with Crippen molar-refractivity contribution in [3.05, 3.63) is 57.7 Å². The van der Waals surface area contributed by atoms with Crippen LogP contribution in [0.4, 0.5) is 5.82 Å². The number of hydrogen-bond acceptors (Lipinski definition) is 3. The predicted molar refractivity (Wildman–Crippen MR) is 98.1 cm³/mol. The second kappa shape index (κ2) is 6.60. The van der Waals surface area contributed by atoms with Crippen LogP contribution in [0.1, 0.15) is 30.4 Å². The molecule has 2 aliphatic rings. The molecule has 0 spiro atoms. The number of pyridine rings is 1. The lowest BCUT2D eigenvalue weighted by molar-refractivity contribution is -0.134. The Labute approximate surface area is 156 Å². The summed E-state index contributed by atoms with van der Waals surface area (Å²) in [4.78, 5) is 19.3. The number of aryl methyl sites for hydroxylation is 1. The third-order valence-electron chi connectivity index (χ3n) is 4.80. The van der Waals surface area contributed by atoms with Gasteiger partial charge in [0.1, 0.15) is 11.4 Å². The number of aromatic nitrogens is 1. The maximum atomic E-state index is 13.1. The van der Waals surface area contributed by atoms with Crippen LogP contribution in [0.3, 0.4) is 0 Å². The lowest BCUT2D eigenvalue weighted by Crippen LogP contribution is -2.45. The highest BCUT2D eigenvalue weighted by molar-refractivity contribution is 6.33. The summed E-state index contributed by atoms with van der Waals surface area (Å²) in [6.45, 7) is 0.958. The van der Waals surface area contributed by atoms with E-state index in [0.29, 0.717) is 16.6 Å². The first-order valence-electron chi connectivity index (χ1n) is 8.43. The van der Waals surface area contributed by atoms with Crippen molar-refractivity contribution in [2.75, 3.05) is 11.4 Å². The summed E-state index contributed by atoms with van der Waals surface area (Å²) >= 11 is 12.2. The molecular formula is C19H18Cl2N2O2. The Hall–Kier alpha value is -1.62. The van der Waals surface area contributed by atoms with Crippen LogP contribution in [0.25, 0.3) is 0 Å². The molecule has 4 rings (SSSR count). The van der Waals surface area contributed by atoms with Crippen molar-refractivity contribution in [3.63, 3.8) is 0 Å². The lowest BCUT2D eigenvalue weighted by Gasteiger charge is -2.31. The van der Waals surface area contributed by atoms with Gasteiger partial charge < -0.3 is 4.74 Å². The van der Waals surface area contributed by atoms with Crippen LogP contribution in [0, 0.1) is 0 Å². The van der Waals surface area contributed by atoms with Gasteiger partial charge in [-0.2, -0.15) is 0 Å². The number of anilines is 1. The zero-order chi connectivity index (χ0) is 17.4. The van der Waals surface area contributed by atoms with Gasteiger partial charge in [0, 0.05) is 22.8 Å². The van der Waals surface area contributed by atoms with E-state index in [9.17, 15) is 4.79 Å². The number of benzene rings is 1. The zero-order valence-electron chi connectivity index (χ0n) is 13.7. The van der Waals surface area contributed by atoms with Gasteiger partial charge in [-0.05, 0) is 61.1 Å². The molecule has 2 aromatic rings. The Balaban J connectivity index is 1.52. The number of ether oxygens (including phenoxy) is 1. The number of hydrogen-bond donors (Lipinski definition) is 0. The van der Waals surface area contributed by atoms with Crippen molar-refractivity contribution in [2.45, 2.75) is 37.9 Å². The summed E-state index contributed by atoms with van der Waals surface area (Å²) in [6, 6.07) is 9.21. The van der Waals surface area contributed by atoms with E-state index in [1.54, 1.807) is 29.3 Å². The van der Waals surface area contributed by atoms with E-state index in [2.05, 4.69) is 4.98 Å². The predicted octanol–water partition coefficient (Wildman–Crippen LogP) is 4.42. The van der Waals surface area contributed by atoms with E-state index >= 15 is 0 Å². The van der Waals surface area contributed by atoms with Gasteiger partial charge in [-0.3, -0.25) is 9.69 Å². The van der Waals surface area contributed by atoms with E-state index < -0.39 is 5.60 Å². The average Bonchev–Trinajstić information content (AvgIpc) is 3.42. The molecule has 0 radical (unpaired) electrons. The Kier molecular flexibility index (Phi) is 4.44. The van der Waals surface area contributed by atoms with Crippen molar-refractivity contribution in [1.82, 2.24) is 4.98 Å². The number of nitrogens with zero attached hydrogens (tertiary/aromatic N) is 2. The van der Waals surface area contributed by atoms with Gasteiger partial charge in [0.25, 0.3) is 5.91 Å². The molecule has 1 saturated carbocycles. The quantitative estimate of drug-likeness (QED) is 0.792. The third kappa shape index (κ3) is 3.26. The van der Waals surface area contributed by atoms with Crippen LogP contribution in [-0.4, -0.2) is 23.0 Å². The molecule has 0 N–H and O–H groups in total. The van der Waals surface area contributed by atoms with Crippen molar-refractivity contribution in [1.29, 1.82) is 0 Å². The van der Waals surface area contributed by atoms with Gasteiger partial charge in [-0.15, -0.1) is 0 Å². The zero-order valence-corrected chi connectivity index (χ0v) is 15.2. The molecule has 1 aliphatic carbocycles. The largest absolute Gasteiger partial charge is 0.360 e. The molecule has 1 aliphatic heterocycles. The Morgan fingerprint density at radius 1 is 1.28 bits per heavy atom. The molecule has 1 fully saturated rings. The van der Waals surface area contributed by atoms with Crippen LogP contribution in [0.5, 0.6) is 0 Å². The molecule has 0 bridgehead atoms. The van der Waals surface area contributed by atoms with Crippen LogP contribution in [-0.2, 0) is 22.6 Å². The van der Waals surface area contributed by atoms with Crippen molar-refractivity contribution in [2.24, 2.45) is 0 Å². The minimum absolute atomic E-state index is 0.00491. The summed E-state index contributed by atoms with van der Waals surface area (Å²) < 4.78 is 6.03. The van der Waals surface area contributed by atoms with Crippen molar-refractivity contribution >= 4 is 34.9 Å². The normalized spacial score (nSPS) is 17.9. The van der Waals surface area contributed by atoms with Crippen molar-refractivity contribution < 1.29 is 9.53 Å². The highest BCUT2D eigenvalue weighted by Gasteiger charge is 2.54. The number of rotatable bonds is 4. The average molecular weight is 377 g/mol. The summed E-state index contributed by atoms with van der Waals surface area (Å²) in [7, 11) is 0. The summed E-state index contributed by atoms with van der Waals surface area (Å²) in [5.41, 5.74) is 1.17. The topological polar surface area (TPSA) is 42.4 Å². The maximum absolute atomic E-state index is 13.1. The molecule has 1 aromatic carbocycles. The highest BCUT2D eigenvalue weighted by Crippen LogP contribution is 2.44. The molecule has 25 heavy (non-hydrogen) atoms. The fourth-order valence-corrected chi connectivity index (χ4v) is 3.62.